The van der Waals surface area contributed by atoms with E-state index in [0.29, 0.717) is 21.6 Å². The molecule has 2 amide bonds. The fourth-order valence-corrected chi connectivity index (χ4v) is 4.82. The Labute approximate surface area is 147 Å². The molecule has 0 aliphatic heterocycles. The summed E-state index contributed by atoms with van der Waals surface area (Å²) in [5, 5.41) is 15.0. The molecule has 0 bridgehead atoms. The molecule has 2 heterocycles. The Hall–Kier alpha value is -1.94. The van der Waals surface area contributed by atoms with Gasteiger partial charge in [-0.25, -0.2) is 4.68 Å². The lowest BCUT2D eigenvalue weighted by molar-refractivity contribution is -0.113. The molecular weight excluding hydrogens is 348 g/mol. The largest absolute Gasteiger partial charge is 0.365 e. The number of tetrazole rings is 1. The van der Waals surface area contributed by atoms with E-state index in [2.05, 4.69) is 27.8 Å². The number of carbonyl (C=O) groups excluding carboxylic acids is 2. The highest BCUT2D eigenvalue weighted by Gasteiger charge is 2.27. The molecule has 3 rings (SSSR count). The van der Waals surface area contributed by atoms with Crippen LogP contribution < -0.4 is 11.1 Å². The van der Waals surface area contributed by atoms with Crippen LogP contribution >= 0.6 is 23.1 Å². The van der Waals surface area contributed by atoms with Crippen LogP contribution in [-0.2, 0) is 24.7 Å². The van der Waals surface area contributed by atoms with Crippen molar-refractivity contribution < 1.29 is 9.59 Å². The van der Waals surface area contributed by atoms with Crippen LogP contribution in [0.5, 0.6) is 0 Å². The number of anilines is 1. The van der Waals surface area contributed by atoms with Crippen molar-refractivity contribution in [2.24, 2.45) is 18.7 Å². The number of nitrogens with one attached hydrogen (secondary N) is 1. The van der Waals surface area contributed by atoms with E-state index in [4.69, 9.17) is 5.73 Å². The molecule has 0 saturated carbocycles. The van der Waals surface area contributed by atoms with E-state index in [9.17, 15) is 9.59 Å². The van der Waals surface area contributed by atoms with Crippen molar-refractivity contribution in [2.75, 3.05) is 11.1 Å². The molecule has 0 aromatic carbocycles. The van der Waals surface area contributed by atoms with Crippen LogP contribution in [0, 0.1) is 5.92 Å². The maximum Gasteiger partial charge on any atom is 0.251 e. The topological polar surface area (TPSA) is 116 Å². The molecular formula is C14H18N6O2S2. The first-order valence-electron chi connectivity index (χ1n) is 7.55. The minimum absolute atomic E-state index is 0.158. The molecule has 1 atom stereocenters. The van der Waals surface area contributed by atoms with Crippen molar-refractivity contribution in [1.29, 1.82) is 0 Å². The third-order valence-electron chi connectivity index (χ3n) is 3.92. The summed E-state index contributed by atoms with van der Waals surface area (Å²) in [5.41, 5.74) is 7.02. The van der Waals surface area contributed by atoms with E-state index in [1.807, 2.05) is 0 Å². The van der Waals surface area contributed by atoms with Gasteiger partial charge in [0.05, 0.1) is 11.3 Å². The average molecular weight is 366 g/mol. The maximum absolute atomic E-state index is 12.2. The van der Waals surface area contributed by atoms with Crippen LogP contribution in [0.4, 0.5) is 5.00 Å². The lowest BCUT2D eigenvalue weighted by Crippen LogP contribution is -2.20. The standard InChI is InChI=1S/C14H18N6O2S2/c1-7-3-4-8-9(5-7)24-13(11(8)12(15)22)16-10(21)6-23-14-17-18-19-20(14)2/h7H,3-6H2,1-2H3,(H2,15,22)(H,16,21)/t7-/m0/s1. The summed E-state index contributed by atoms with van der Waals surface area (Å²) in [4.78, 5) is 25.2. The Morgan fingerprint density at radius 2 is 2.29 bits per heavy atom. The fourth-order valence-electron chi connectivity index (χ4n) is 2.74. The monoisotopic (exact) mass is 366 g/mol. The van der Waals surface area contributed by atoms with Crippen LogP contribution in [0.1, 0.15) is 34.1 Å². The lowest BCUT2D eigenvalue weighted by Gasteiger charge is -2.18. The second kappa shape index (κ2) is 6.89. The zero-order valence-electron chi connectivity index (χ0n) is 13.4. The van der Waals surface area contributed by atoms with Gasteiger partial charge in [-0.1, -0.05) is 18.7 Å². The summed E-state index contributed by atoms with van der Waals surface area (Å²) < 4.78 is 1.50. The van der Waals surface area contributed by atoms with Gasteiger partial charge in [-0.15, -0.1) is 16.4 Å². The molecule has 0 spiro atoms. The molecule has 0 fully saturated rings. The van der Waals surface area contributed by atoms with Crippen molar-refractivity contribution in [2.45, 2.75) is 31.3 Å². The number of hydrogen-bond acceptors (Lipinski definition) is 7. The molecule has 8 nitrogen and oxygen atoms in total. The minimum atomic E-state index is -0.484. The van der Waals surface area contributed by atoms with E-state index >= 15 is 0 Å². The predicted octanol–water partition coefficient (Wildman–Crippen LogP) is 1.23. The number of primary amides is 1. The second-order valence-corrected chi connectivity index (χ2v) is 7.89. The van der Waals surface area contributed by atoms with E-state index in [0.717, 1.165) is 29.7 Å². The summed E-state index contributed by atoms with van der Waals surface area (Å²) in [6.45, 7) is 2.19. The molecule has 0 saturated heterocycles. The Balaban J connectivity index is 1.73. The molecule has 1 aliphatic carbocycles. The number of thiophene rings is 1. The highest BCUT2D eigenvalue weighted by Crippen LogP contribution is 2.39. The number of thioether (sulfide) groups is 1. The van der Waals surface area contributed by atoms with Crippen molar-refractivity contribution in [1.82, 2.24) is 20.2 Å². The average Bonchev–Trinajstić information content (AvgIpc) is 3.07. The number of rotatable bonds is 5. The van der Waals surface area contributed by atoms with Gasteiger partial charge in [0.25, 0.3) is 5.91 Å². The summed E-state index contributed by atoms with van der Waals surface area (Å²) in [6, 6.07) is 0. The number of aromatic nitrogens is 4. The molecule has 1 aliphatic rings. The van der Waals surface area contributed by atoms with Crippen LogP contribution in [0.2, 0.25) is 0 Å². The summed E-state index contributed by atoms with van der Waals surface area (Å²) in [5.74, 6) is 0.0461. The van der Waals surface area contributed by atoms with Gasteiger partial charge in [-0.3, -0.25) is 9.59 Å². The predicted molar refractivity (Wildman–Crippen MR) is 92.2 cm³/mol. The SMILES string of the molecule is C[C@H]1CCc2c(sc(NC(=O)CSc3nnnn3C)c2C(N)=O)C1. The molecule has 2 aromatic heterocycles. The van der Waals surface area contributed by atoms with Gasteiger partial charge < -0.3 is 11.1 Å². The Morgan fingerprint density at radius 1 is 1.50 bits per heavy atom. The van der Waals surface area contributed by atoms with Gasteiger partial charge in [0.2, 0.25) is 11.1 Å². The lowest BCUT2D eigenvalue weighted by atomic mass is 9.88. The molecule has 0 unspecified atom stereocenters. The van der Waals surface area contributed by atoms with Crippen molar-refractivity contribution in [3.63, 3.8) is 0 Å². The van der Waals surface area contributed by atoms with E-state index in [1.165, 1.54) is 27.8 Å². The number of fused-ring (bicyclic) bond motifs is 1. The molecule has 3 N–H and O–H groups in total. The van der Waals surface area contributed by atoms with Gasteiger partial charge in [0.15, 0.2) is 0 Å². The normalized spacial score (nSPS) is 16.7. The van der Waals surface area contributed by atoms with Crippen molar-refractivity contribution >= 4 is 39.9 Å². The van der Waals surface area contributed by atoms with Crippen molar-refractivity contribution in [3.05, 3.63) is 16.0 Å². The minimum Gasteiger partial charge on any atom is -0.365 e. The highest BCUT2D eigenvalue weighted by molar-refractivity contribution is 7.99. The third kappa shape index (κ3) is 3.44. The zero-order chi connectivity index (χ0) is 17.3. The Morgan fingerprint density at radius 3 is 2.96 bits per heavy atom. The first kappa shape index (κ1) is 16.9. The second-order valence-electron chi connectivity index (χ2n) is 5.84. The maximum atomic E-state index is 12.2. The summed E-state index contributed by atoms with van der Waals surface area (Å²) in [6.07, 6.45) is 2.79. The number of carbonyl (C=O) groups is 2. The highest BCUT2D eigenvalue weighted by atomic mass is 32.2. The molecule has 2 aromatic rings. The number of amides is 2. The van der Waals surface area contributed by atoms with Gasteiger partial charge in [0.1, 0.15) is 5.00 Å². The van der Waals surface area contributed by atoms with Crippen LogP contribution in [0.25, 0.3) is 0 Å². The van der Waals surface area contributed by atoms with Crippen LogP contribution in [0.15, 0.2) is 5.16 Å². The van der Waals surface area contributed by atoms with E-state index in [-0.39, 0.29) is 11.7 Å². The molecule has 10 heteroatoms. The molecule has 24 heavy (non-hydrogen) atoms. The van der Waals surface area contributed by atoms with Gasteiger partial charge in [0, 0.05) is 11.9 Å². The molecule has 0 radical (unpaired) electrons. The quantitative estimate of drug-likeness (QED) is 0.769. The number of nitrogens with two attached hydrogens (primary N) is 1. The van der Waals surface area contributed by atoms with Gasteiger partial charge >= 0.3 is 0 Å². The van der Waals surface area contributed by atoms with Crippen molar-refractivity contribution in [3.8, 4) is 0 Å². The summed E-state index contributed by atoms with van der Waals surface area (Å²) >= 11 is 2.70. The number of aryl methyl sites for hydroxylation is 1. The smallest absolute Gasteiger partial charge is 0.251 e. The third-order valence-corrected chi connectivity index (χ3v) is 6.11. The first-order chi connectivity index (χ1) is 11.5. The fraction of sp³-hybridized carbons (Fsp3) is 0.500. The van der Waals surface area contributed by atoms with E-state index in [1.54, 1.807) is 7.05 Å². The Kier molecular flexibility index (Phi) is 4.86. The van der Waals surface area contributed by atoms with Gasteiger partial charge in [-0.2, -0.15) is 0 Å². The van der Waals surface area contributed by atoms with E-state index < -0.39 is 5.91 Å². The first-order valence-corrected chi connectivity index (χ1v) is 9.35. The number of hydrogen-bond donors (Lipinski definition) is 2. The molecule has 128 valence electrons. The van der Waals surface area contributed by atoms with Gasteiger partial charge in [-0.05, 0) is 41.2 Å². The zero-order valence-corrected chi connectivity index (χ0v) is 15.0. The van der Waals surface area contributed by atoms with Crippen LogP contribution in [-0.4, -0.2) is 37.8 Å². The summed E-state index contributed by atoms with van der Waals surface area (Å²) in [7, 11) is 1.71. The number of nitrogens with zero attached hydrogens (tertiary/aromatic N) is 4. The van der Waals surface area contributed by atoms with Crippen LogP contribution in [0.3, 0.4) is 0 Å². The Bertz CT molecular complexity index is 784.